The lowest BCUT2D eigenvalue weighted by molar-refractivity contribution is -0.907. The average molecular weight is 381 g/mol. The fourth-order valence-electron chi connectivity index (χ4n) is 2.32. The topological polar surface area (TPSA) is 76.6 Å². The van der Waals surface area contributed by atoms with E-state index in [4.69, 9.17) is 28.9 Å². The molecule has 0 saturated heterocycles. The number of amides is 2. The van der Waals surface area contributed by atoms with E-state index in [0.29, 0.717) is 27.8 Å². The molecule has 2 rings (SSSR count). The number of rotatable bonds is 6. The van der Waals surface area contributed by atoms with E-state index in [9.17, 15) is 9.59 Å². The van der Waals surface area contributed by atoms with Crippen molar-refractivity contribution in [3.05, 3.63) is 63.6 Å². The molecule has 5 nitrogen and oxygen atoms in total. The van der Waals surface area contributed by atoms with E-state index < -0.39 is 5.91 Å². The van der Waals surface area contributed by atoms with Gasteiger partial charge >= 0.3 is 0 Å². The number of quaternary nitrogens is 1. The third kappa shape index (κ3) is 5.19. The van der Waals surface area contributed by atoms with E-state index >= 15 is 0 Å². The monoisotopic (exact) mass is 380 g/mol. The van der Waals surface area contributed by atoms with Gasteiger partial charge in [0.15, 0.2) is 6.04 Å². The van der Waals surface area contributed by atoms with Crippen molar-refractivity contribution in [3.8, 4) is 0 Å². The SMILES string of the molecule is C[C@@H](C(=O)Nc1ccc(C(N)=O)cc1)[NH+](C)Cc1ccc(Cl)c(Cl)c1. The fraction of sp³-hybridized carbons (Fsp3) is 0.222. The summed E-state index contributed by atoms with van der Waals surface area (Å²) in [5.41, 5.74) is 7.21. The Labute approximate surface area is 156 Å². The molecule has 0 aromatic heterocycles. The standard InChI is InChI=1S/C18H19Cl2N3O2/c1-11(23(2)10-12-3-8-15(19)16(20)9-12)18(25)22-14-6-4-13(5-7-14)17(21)24/h3-9,11H,10H2,1-2H3,(H2,21,24)(H,22,25)/p+1/t11-/m0/s1. The van der Waals surface area contributed by atoms with Gasteiger partial charge in [0.25, 0.3) is 5.91 Å². The number of hydrogen-bond acceptors (Lipinski definition) is 2. The lowest BCUT2D eigenvalue weighted by Crippen LogP contribution is -3.12. The van der Waals surface area contributed by atoms with Crippen LogP contribution in [0.5, 0.6) is 0 Å². The second kappa shape index (κ2) is 8.34. The molecule has 0 aliphatic carbocycles. The van der Waals surface area contributed by atoms with Crippen molar-refractivity contribution in [3.63, 3.8) is 0 Å². The van der Waals surface area contributed by atoms with Crippen molar-refractivity contribution in [2.24, 2.45) is 5.73 Å². The van der Waals surface area contributed by atoms with Crippen LogP contribution in [0.2, 0.25) is 10.0 Å². The molecule has 7 heteroatoms. The highest BCUT2D eigenvalue weighted by molar-refractivity contribution is 6.42. The van der Waals surface area contributed by atoms with Gasteiger partial charge in [0, 0.05) is 16.8 Å². The van der Waals surface area contributed by atoms with Crippen LogP contribution in [0.3, 0.4) is 0 Å². The van der Waals surface area contributed by atoms with Crippen molar-refractivity contribution in [2.45, 2.75) is 19.5 Å². The molecular formula is C18H20Cl2N3O2+. The van der Waals surface area contributed by atoms with Crippen molar-refractivity contribution in [1.82, 2.24) is 0 Å². The Bertz CT molecular complexity index is 778. The predicted molar refractivity (Wildman–Crippen MR) is 100 cm³/mol. The minimum atomic E-state index is -0.503. The molecule has 0 aliphatic rings. The number of nitrogens with one attached hydrogen (secondary N) is 2. The van der Waals surface area contributed by atoms with Crippen LogP contribution in [0.15, 0.2) is 42.5 Å². The van der Waals surface area contributed by atoms with Crippen LogP contribution in [0.25, 0.3) is 0 Å². The fourth-order valence-corrected chi connectivity index (χ4v) is 2.64. The van der Waals surface area contributed by atoms with E-state index in [0.717, 1.165) is 10.5 Å². The van der Waals surface area contributed by atoms with E-state index in [-0.39, 0.29) is 11.9 Å². The summed E-state index contributed by atoms with van der Waals surface area (Å²) in [6.07, 6.45) is 0. The zero-order chi connectivity index (χ0) is 18.6. The zero-order valence-corrected chi connectivity index (χ0v) is 15.5. The van der Waals surface area contributed by atoms with Gasteiger partial charge in [0.05, 0.1) is 17.1 Å². The smallest absolute Gasteiger partial charge is 0.282 e. The van der Waals surface area contributed by atoms with E-state index in [2.05, 4.69) is 5.32 Å². The molecule has 2 atom stereocenters. The van der Waals surface area contributed by atoms with Crippen LogP contribution in [0.4, 0.5) is 5.69 Å². The predicted octanol–water partition coefficient (Wildman–Crippen LogP) is 2.13. The molecule has 0 aliphatic heterocycles. The molecule has 25 heavy (non-hydrogen) atoms. The Morgan fingerprint density at radius 3 is 2.32 bits per heavy atom. The third-order valence-corrected chi connectivity index (χ3v) is 4.78. The van der Waals surface area contributed by atoms with Crippen molar-refractivity contribution < 1.29 is 14.5 Å². The van der Waals surface area contributed by atoms with Crippen LogP contribution in [-0.2, 0) is 11.3 Å². The number of likely N-dealkylation sites (N-methyl/N-ethyl adjacent to an activating group) is 1. The number of anilines is 1. The minimum absolute atomic E-state index is 0.121. The maximum absolute atomic E-state index is 12.4. The van der Waals surface area contributed by atoms with Crippen LogP contribution in [-0.4, -0.2) is 24.9 Å². The molecular weight excluding hydrogens is 361 g/mol. The van der Waals surface area contributed by atoms with Crippen molar-refractivity contribution in [1.29, 1.82) is 0 Å². The maximum Gasteiger partial charge on any atom is 0.282 e. The van der Waals surface area contributed by atoms with Crippen molar-refractivity contribution in [2.75, 3.05) is 12.4 Å². The molecule has 0 fully saturated rings. The molecule has 0 radical (unpaired) electrons. The average Bonchev–Trinajstić information content (AvgIpc) is 2.57. The first kappa shape index (κ1) is 19.2. The van der Waals surface area contributed by atoms with Gasteiger partial charge in [-0.2, -0.15) is 0 Å². The Hall–Kier alpha value is -2.08. The van der Waals surface area contributed by atoms with Crippen LogP contribution < -0.4 is 16.0 Å². The molecule has 0 heterocycles. The lowest BCUT2D eigenvalue weighted by Gasteiger charge is -2.21. The first-order valence-electron chi connectivity index (χ1n) is 7.75. The molecule has 1 unspecified atom stereocenters. The summed E-state index contributed by atoms with van der Waals surface area (Å²) in [4.78, 5) is 24.5. The van der Waals surface area contributed by atoms with Crippen LogP contribution in [0.1, 0.15) is 22.8 Å². The highest BCUT2D eigenvalue weighted by atomic mass is 35.5. The van der Waals surface area contributed by atoms with Crippen molar-refractivity contribution >= 4 is 40.7 Å². The molecule has 0 spiro atoms. The largest absolute Gasteiger partial charge is 0.366 e. The van der Waals surface area contributed by atoms with E-state index in [1.165, 1.54) is 0 Å². The third-order valence-electron chi connectivity index (χ3n) is 4.04. The van der Waals surface area contributed by atoms with Crippen LogP contribution in [0, 0.1) is 0 Å². The van der Waals surface area contributed by atoms with Gasteiger partial charge in [-0.05, 0) is 43.3 Å². The minimum Gasteiger partial charge on any atom is -0.366 e. The number of hydrogen-bond donors (Lipinski definition) is 3. The molecule has 2 aromatic rings. The maximum atomic E-state index is 12.4. The van der Waals surface area contributed by atoms with Gasteiger partial charge in [0.2, 0.25) is 5.91 Å². The van der Waals surface area contributed by atoms with E-state index in [1.807, 2.05) is 20.0 Å². The van der Waals surface area contributed by atoms with Gasteiger partial charge < -0.3 is 16.0 Å². The molecule has 0 saturated carbocycles. The molecule has 4 N–H and O–H groups in total. The number of primary amides is 1. The summed E-state index contributed by atoms with van der Waals surface area (Å²) >= 11 is 11.9. The van der Waals surface area contributed by atoms with Gasteiger partial charge in [-0.25, -0.2) is 0 Å². The number of halogens is 2. The van der Waals surface area contributed by atoms with E-state index in [1.54, 1.807) is 36.4 Å². The molecule has 132 valence electrons. The Morgan fingerprint density at radius 2 is 1.76 bits per heavy atom. The zero-order valence-electron chi connectivity index (χ0n) is 14.0. The Balaban J connectivity index is 1.98. The highest BCUT2D eigenvalue weighted by Gasteiger charge is 2.22. The molecule has 2 amide bonds. The number of benzene rings is 2. The summed E-state index contributed by atoms with van der Waals surface area (Å²) in [6.45, 7) is 2.48. The second-order valence-corrected chi connectivity index (χ2v) is 6.74. The summed E-state index contributed by atoms with van der Waals surface area (Å²) in [5.74, 6) is -0.624. The quantitative estimate of drug-likeness (QED) is 0.717. The van der Waals surface area contributed by atoms with Gasteiger partial charge in [-0.3, -0.25) is 9.59 Å². The number of nitrogens with two attached hydrogens (primary N) is 1. The number of carbonyl (C=O) groups excluding carboxylic acids is 2. The Kier molecular flexibility index (Phi) is 6.42. The molecule has 2 aromatic carbocycles. The van der Waals surface area contributed by atoms with Crippen LogP contribution >= 0.6 is 23.2 Å². The Morgan fingerprint density at radius 1 is 1.12 bits per heavy atom. The van der Waals surface area contributed by atoms with Gasteiger partial charge in [0.1, 0.15) is 6.54 Å². The summed E-state index contributed by atoms with van der Waals surface area (Å²) in [7, 11) is 1.93. The number of carbonyl (C=O) groups is 2. The molecule has 0 bridgehead atoms. The first-order valence-corrected chi connectivity index (χ1v) is 8.50. The lowest BCUT2D eigenvalue weighted by atomic mass is 10.1. The van der Waals surface area contributed by atoms with Gasteiger partial charge in [-0.15, -0.1) is 0 Å². The second-order valence-electron chi connectivity index (χ2n) is 5.92. The summed E-state index contributed by atoms with van der Waals surface area (Å²) < 4.78 is 0. The normalized spacial score (nSPS) is 13.1. The summed E-state index contributed by atoms with van der Waals surface area (Å²) in [6, 6.07) is 11.6. The first-order chi connectivity index (χ1) is 11.8. The summed E-state index contributed by atoms with van der Waals surface area (Å²) in [5, 5.41) is 3.84. The van der Waals surface area contributed by atoms with Gasteiger partial charge in [-0.1, -0.05) is 29.3 Å². The highest BCUT2D eigenvalue weighted by Crippen LogP contribution is 2.22.